The number of rotatable bonds is 3. The van der Waals surface area contributed by atoms with Crippen LogP contribution in [0.5, 0.6) is 0 Å². The molecule has 1 N–H and O–H groups in total. The van der Waals surface area contributed by atoms with Gasteiger partial charge in [-0.15, -0.1) is 0 Å². The summed E-state index contributed by atoms with van der Waals surface area (Å²) in [7, 11) is -7.31. The molecule has 0 unspecified atom stereocenters. The fraction of sp³-hybridized carbons (Fsp3) is 0.455. The Hall–Kier alpha value is -0.990. The van der Waals surface area contributed by atoms with Crippen molar-refractivity contribution in [3.8, 4) is 0 Å². The zero-order valence-corrected chi connectivity index (χ0v) is 11.9. The smallest absolute Gasteiger partial charge is 0.229 e. The first-order valence-electron chi connectivity index (χ1n) is 5.63. The maximum atomic E-state index is 13.5. The number of sulfonamides is 1. The average Bonchev–Trinajstić information content (AvgIpc) is 2.52. The number of sulfone groups is 1. The Labute approximate surface area is 111 Å². The van der Waals surface area contributed by atoms with Gasteiger partial charge in [-0.05, 0) is 25.5 Å². The molecule has 0 radical (unpaired) electrons. The topological polar surface area (TPSA) is 80.3 Å². The molecule has 1 aromatic rings. The van der Waals surface area contributed by atoms with Crippen molar-refractivity contribution in [2.75, 3.05) is 11.5 Å². The van der Waals surface area contributed by atoms with Crippen molar-refractivity contribution in [3.63, 3.8) is 0 Å². The van der Waals surface area contributed by atoms with Gasteiger partial charge in [0, 0.05) is 5.54 Å². The van der Waals surface area contributed by atoms with Gasteiger partial charge in [0.1, 0.15) is 10.7 Å². The molecule has 1 aromatic carbocycles. The SMILES string of the molecule is C[C@@]1(NS(=O)(=O)c2ccccc2F)CCS(=O)(=O)C1. The predicted molar refractivity (Wildman–Crippen MR) is 68.4 cm³/mol. The summed E-state index contributed by atoms with van der Waals surface area (Å²) in [6.07, 6.45) is 0.184. The van der Waals surface area contributed by atoms with Crippen molar-refractivity contribution in [2.24, 2.45) is 0 Å². The van der Waals surface area contributed by atoms with Crippen molar-refractivity contribution < 1.29 is 21.2 Å². The minimum absolute atomic E-state index is 0.0662. The van der Waals surface area contributed by atoms with E-state index in [9.17, 15) is 21.2 Å². The van der Waals surface area contributed by atoms with Crippen LogP contribution >= 0.6 is 0 Å². The van der Waals surface area contributed by atoms with Gasteiger partial charge in [-0.25, -0.2) is 25.9 Å². The maximum Gasteiger partial charge on any atom is 0.244 e. The second-order valence-electron chi connectivity index (χ2n) is 4.94. The predicted octanol–water partition coefficient (Wildman–Crippen LogP) is 0.681. The summed E-state index contributed by atoms with van der Waals surface area (Å²) in [6, 6.07) is 4.98. The Balaban J connectivity index is 2.31. The summed E-state index contributed by atoms with van der Waals surface area (Å²) in [5.74, 6) is -1.20. The van der Waals surface area contributed by atoms with Gasteiger partial charge in [-0.3, -0.25) is 0 Å². The molecule has 106 valence electrons. The Morgan fingerprint density at radius 2 is 1.95 bits per heavy atom. The molecule has 1 heterocycles. The molecule has 2 rings (SSSR count). The van der Waals surface area contributed by atoms with Crippen LogP contribution in [0, 0.1) is 5.82 Å². The molecule has 1 aliphatic rings. The van der Waals surface area contributed by atoms with Crippen LogP contribution in [0.1, 0.15) is 13.3 Å². The van der Waals surface area contributed by atoms with Gasteiger partial charge in [-0.1, -0.05) is 12.1 Å². The average molecular weight is 307 g/mol. The zero-order valence-electron chi connectivity index (χ0n) is 10.3. The highest BCUT2D eigenvalue weighted by atomic mass is 32.2. The van der Waals surface area contributed by atoms with Crippen LogP contribution in [0.25, 0.3) is 0 Å². The lowest BCUT2D eigenvalue weighted by atomic mass is 10.0. The van der Waals surface area contributed by atoms with Gasteiger partial charge < -0.3 is 0 Å². The standard InChI is InChI=1S/C11H14FNO4S2/c1-11(6-7-18(14,15)8-11)13-19(16,17)10-5-3-2-4-9(10)12/h2-5,13H,6-8H2,1H3/t11-/m1/s1. The summed E-state index contributed by atoms with van der Waals surface area (Å²) in [5, 5.41) is 0. The van der Waals surface area contributed by atoms with E-state index < -0.39 is 36.1 Å². The number of hydrogen-bond donors (Lipinski definition) is 1. The van der Waals surface area contributed by atoms with Crippen LogP contribution in [0.4, 0.5) is 4.39 Å². The lowest BCUT2D eigenvalue weighted by Gasteiger charge is -2.23. The summed E-state index contributed by atoms with van der Waals surface area (Å²) in [6.45, 7) is 1.51. The molecule has 0 spiro atoms. The van der Waals surface area contributed by atoms with Gasteiger partial charge in [0.05, 0.1) is 11.5 Å². The fourth-order valence-electron chi connectivity index (χ4n) is 2.13. The van der Waals surface area contributed by atoms with Crippen molar-refractivity contribution in [1.82, 2.24) is 4.72 Å². The normalized spacial score (nSPS) is 26.4. The molecule has 1 fully saturated rings. The van der Waals surface area contributed by atoms with E-state index in [1.54, 1.807) is 0 Å². The monoisotopic (exact) mass is 307 g/mol. The first-order chi connectivity index (χ1) is 8.64. The molecular weight excluding hydrogens is 293 g/mol. The minimum atomic E-state index is -4.07. The fourth-order valence-corrected chi connectivity index (χ4v) is 5.83. The molecule has 0 aromatic heterocycles. The van der Waals surface area contributed by atoms with E-state index in [-0.39, 0.29) is 17.9 Å². The van der Waals surface area contributed by atoms with Gasteiger partial charge in [0.25, 0.3) is 0 Å². The molecule has 1 atom stereocenters. The number of benzene rings is 1. The Bertz CT molecular complexity index is 699. The summed E-state index contributed by atoms with van der Waals surface area (Å²) >= 11 is 0. The Morgan fingerprint density at radius 1 is 1.32 bits per heavy atom. The lowest BCUT2D eigenvalue weighted by Crippen LogP contribution is -2.46. The molecule has 0 aliphatic carbocycles. The van der Waals surface area contributed by atoms with Crippen LogP contribution in [0.15, 0.2) is 29.2 Å². The summed E-state index contributed by atoms with van der Waals surface area (Å²) < 4.78 is 62.8. The van der Waals surface area contributed by atoms with E-state index in [4.69, 9.17) is 0 Å². The molecule has 5 nitrogen and oxygen atoms in total. The molecule has 0 bridgehead atoms. The van der Waals surface area contributed by atoms with Crippen LogP contribution < -0.4 is 4.72 Å². The molecule has 1 aliphatic heterocycles. The van der Waals surface area contributed by atoms with Crippen molar-refractivity contribution in [1.29, 1.82) is 0 Å². The maximum absolute atomic E-state index is 13.5. The number of halogens is 1. The molecule has 19 heavy (non-hydrogen) atoms. The van der Waals surface area contributed by atoms with Gasteiger partial charge in [0.2, 0.25) is 10.0 Å². The quantitative estimate of drug-likeness (QED) is 0.890. The van der Waals surface area contributed by atoms with E-state index >= 15 is 0 Å². The van der Waals surface area contributed by atoms with Crippen molar-refractivity contribution in [2.45, 2.75) is 23.8 Å². The third kappa shape index (κ3) is 3.13. The molecular formula is C11H14FNO4S2. The first kappa shape index (κ1) is 14.4. The minimum Gasteiger partial charge on any atom is -0.229 e. The third-order valence-corrected chi connectivity index (χ3v) is 6.58. The van der Waals surface area contributed by atoms with Crippen LogP contribution in [-0.4, -0.2) is 33.9 Å². The van der Waals surface area contributed by atoms with Crippen LogP contribution in [0.3, 0.4) is 0 Å². The third-order valence-electron chi connectivity index (χ3n) is 3.01. The summed E-state index contributed by atoms with van der Waals surface area (Å²) in [4.78, 5) is -0.472. The van der Waals surface area contributed by atoms with E-state index in [0.29, 0.717) is 0 Å². The van der Waals surface area contributed by atoms with Gasteiger partial charge >= 0.3 is 0 Å². The molecule has 0 amide bonds. The second kappa shape index (κ2) is 4.53. The summed E-state index contributed by atoms with van der Waals surface area (Å²) in [5.41, 5.74) is -1.08. The largest absolute Gasteiger partial charge is 0.244 e. The lowest BCUT2D eigenvalue weighted by molar-refractivity contribution is 0.458. The van der Waals surface area contributed by atoms with Gasteiger partial charge in [0.15, 0.2) is 9.84 Å². The molecule has 1 saturated heterocycles. The van der Waals surface area contributed by atoms with Crippen molar-refractivity contribution >= 4 is 19.9 Å². The molecule has 8 heteroatoms. The molecule has 0 saturated carbocycles. The van der Waals surface area contributed by atoms with E-state index in [1.165, 1.54) is 19.1 Å². The number of nitrogens with one attached hydrogen (secondary N) is 1. The highest BCUT2D eigenvalue weighted by Gasteiger charge is 2.41. The number of hydrogen-bond acceptors (Lipinski definition) is 4. The van der Waals surface area contributed by atoms with Crippen LogP contribution in [-0.2, 0) is 19.9 Å². The second-order valence-corrected chi connectivity index (χ2v) is 8.77. The van der Waals surface area contributed by atoms with Crippen LogP contribution in [0.2, 0.25) is 0 Å². The Morgan fingerprint density at radius 3 is 2.47 bits per heavy atom. The highest BCUT2D eigenvalue weighted by Crippen LogP contribution is 2.25. The van der Waals surface area contributed by atoms with E-state index in [1.807, 2.05) is 0 Å². The van der Waals surface area contributed by atoms with E-state index in [2.05, 4.69) is 4.72 Å². The Kier molecular flexibility index (Phi) is 3.44. The van der Waals surface area contributed by atoms with Gasteiger partial charge in [-0.2, -0.15) is 0 Å². The zero-order chi connectivity index (χ0) is 14.3. The van der Waals surface area contributed by atoms with E-state index in [0.717, 1.165) is 12.1 Å². The van der Waals surface area contributed by atoms with Crippen molar-refractivity contribution in [3.05, 3.63) is 30.1 Å². The first-order valence-corrected chi connectivity index (χ1v) is 8.93. The highest BCUT2D eigenvalue weighted by molar-refractivity contribution is 7.92.